The summed E-state index contributed by atoms with van der Waals surface area (Å²) in [6.07, 6.45) is 1.91. The number of carbonyl (C=O) groups is 2. The first-order valence-electron chi connectivity index (χ1n) is 8.39. The number of urea groups is 1. The number of carbonyl (C=O) groups excluding carboxylic acids is 2. The molecule has 7 heteroatoms. The fourth-order valence-corrected chi connectivity index (χ4v) is 2.81. The smallest absolute Gasteiger partial charge is 0.321 e. The zero-order chi connectivity index (χ0) is 17.4. The molecule has 0 radical (unpaired) electrons. The van der Waals surface area contributed by atoms with E-state index in [1.165, 1.54) is 0 Å². The molecule has 2 N–H and O–H groups in total. The van der Waals surface area contributed by atoms with Crippen molar-refractivity contribution in [2.75, 3.05) is 44.2 Å². The van der Waals surface area contributed by atoms with E-state index in [0.717, 1.165) is 49.7 Å². The summed E-state index contributed by atoms with van der Waals surface area (Å²) in [6.45, 7) is 6.09. The van der Waals surface area contributed by atoms with E-state index in [4.69, 9.17) is 11.6 Å². The van der Waals surface area contributed by atoms with Gasteiger partial charge >= 0.3 is 6.03 Å². The van der Waals surface area contributed by atoms with Gasteiger partial charge in [-0.05, 0) is 24.6 Å². The first kappa shape index (κ1) is 18.5. The van der Waals surface area contributed by atoms with E-state index in [1.807, 2.05) is 31.2 Å². The van der Waals surface area contributed by atoms with Crippen LogP contribution in [-0.2, 0) is 4.79 Å². The van der Waals surface area contributed by atoms with Gasteiger partial charge < -0.3 is 10.2 Å². The van der Waals surface area contributed by atoms with Crippen molar-refractivity contribution in [3.8, 4) is 0 Å². The van der Waals surface area contributed by atoms with E-state index in [-0.39, 0.29) is 12.5 Å². The minimum absolute atomic E-state index is 0.241. The first-order chi connectivity index (χ1) is 11.6. The van der Waals surface area contributed by atoms with Gasteiger partial charge in [0.15, 0.2) is 0 Å². The Hall–Kier alpha value is -1.79. The van der Waals surface area contributed by atoms with Crippen molar-refractivity contribution in [2.24, 2.45) is 0 Å². The third-order valence-corrected chi connectivity index (χ3v) is 4.22. The van der Waals surface area contributed by atoms with Crippen molar-refractivity contribution in [1.82, 2.24) is 15.5 Å². The number of amides is 3. The molecule has 1 saturated heterocycles. The number of imide groups is 1. The van der Waals surface area contributed by atoms with Crippen molar-refractivity contribution >= 4 is 29.2 Å². The second-order valence-corrected chi connectivity index (χ2v) is 6.34. The molecule has 0 saturated carbocycles. The Bertz CT molecular complexity index is 559. The van der Waals surface area contributed by atoms with Crippen LogP contribution in [0.4, 0.5) is 10.5 Å². The maximum atomic E-state index is 11.9. The molecule has 2 rings (SSSR count). The number of anilines is 1. The van der Waals surface area contributed by atoms with Crippen molar-refractivity contribution in [1.29, 1.82) is 0 Å². The number of halogens is 1. The Morgan fingerprint density at radius 3 is 2.62 bits per heavy atom. The molecule has 6 nitrogen and oxygen atoms in total. The summed E-state index contributed by atoms with van der Waals surface area (Å²) in [5.74, 6) is -0.264. The summed E-state index contributed by atoms with van der Waals surface area (Å²) in [7, 11) is 0. The maximum absolute atomic E-state index is 11.9. The average molecular weight is 353 g/mol. The second kappa shape index (κ2) is 9.49. The van der Waals surface area contributed by atoms with Crippen LogP contribution >= 0.6 is 11.6 Å². The third-order valence-electron chi connectivity index (χ3n) is 3.98. The van der Waals surface area contributed by atoms with Gasteiger partial charge in [-0.1, -0.05) is 31.0 Å². The van der Waals surface area contributed by atoms with Gasteiger partial charge in [0.25, 0.3) is 0 Å². The van der Waals surface area contributed by atoms with Crippen LogP contribution in [0.15, 0.2) is 24.3 Å². The predicted molar refractivity (Wildman–Crippen MR) is 96.6 cm³/mol. The predicted octanol–water partition coefficient (Wildman–Crippen LogP) is 2.09. The monoisotopic (exact) mass is 352 g/mol. The molecule has 0 aliphatic carbocycles. The highest BCUT2D eigenvalue weighted by Gasteiger charge is 2.20. The molecule has 3 amide bonds. The zero-order valence-electron chi connectivity index (χ0n) is 14.1. The molecule has 1 heterocycles. The van der Waals surface area contributed by atoms with E-state index in [9.17, 15) is 9.59 Å². The molecular formula is C17H25ClN4O2. The van der Waals surface area contributed by atoms with Crippen molar-refractivity contribution < 1.29 is 9.59 Å². The SMILES string of the molecule is CCCCNC(=O)NC(=O)CN1CCN(c2cccc(Cl)c2)CC1. The number of benzene rings is 1. The molecule has 0 atom stereocenters. The lowest BCUT2D eigenvalue weighted by Gasteiger charge is -2.35. The van der Waals surface area contributed by atoms with Gasteiger partial charge in [-0.25, -0.2) is 4.79 Å². The summed E-state index contributed by atoms with van der Waals surface area (Å²) < 4.78 is 0. The summed E-state index contributed by atoms with van der Waals surface area (Å²) in [5.41, 5.74) is 1.10. The fourth-order valence-electron chi connectivity index (χ4n) is 2.63. The molecule has 1 aliphatic heterocycles. The minimum atomic E-state index is -0.411. The largest absolute Gasteiger partial charge is 0.369 e. The number of rotatable bonds is 6. The van der Waals surface area contributed by atoms with E-state index in [1.54, 1.807) is 0 Å². The molecule has 0 bridgehead atoms. The molecule has 0 unspecified atom stereocenters. The van der Waals surface area contributed by atoms with E-state index in [0.29, 0.717) is 6.54 Å². The highest BCUT2D eigenvalue weighted by atomic mass is 35.5. The molecule has 0 spiro atoms. The Morgan fingerprint density at radius 2 is 1.96 bits per heavy atom. The highest BCUT2D eigenvalue weighted by Crippen LogP contribution is 2.20. The molecule has 24 heavy (non-hydrogen) atoms. The lowest BCUT2D eigenvalue weighted by Crippen LogP contribution is -2.51. The van der Waals surface area contributed by atoms with Crippen LogP contribution < -0.4 is 15.5 Å². The van der Waals surface area contributed by atoms with E-state index in [2.05, 4.69) is 20.4 Å². The number of hydrogen-bond acceptors (Lipinski definition) is 4. The topological polar surface area (TPSA) is 64.7 Å². The summed E-state index contributed by atoms with van der Waals surface area (Å²) in [5, 5.41) is 5.78. The van der Waals surface area contributed by atoms with Crippen molar-refractivity contribution in [3.05, 3.63) is 29.3 Å². The van der Waals surface area contributed by atoms with Crippen LogP contribution in [0.5, 0.6) is 0 Å². The van der Waals surface area contributed by atoms with Gasteiger partial charge in [-0.15, -0.1) is 0 Å². The fraction of sp³-hybridized carbons (Fsp3) is 0.529. The molecule has 1 aromatic rings. The molecular weight excluding hydrogens is 328 g/mol. The summed E-state index contributed by atoms with van der Waals surface area (Å²) in [4.78, 5) is 27.8. The number of nitrogens with one attached hydrogen (secondary N) is 2. The van der Waals surface area contributed by atoms with Gasteiger partial charge in [0.1, 0.15) is 0 Å². The highest BCUT2D eigenvalue weighted by molar-refractivity contribution is 6.30. The molecule has 0 aromatic heterocycles. The molecule has 1 fully saturated rings. The van der Waals surface area contributed by atoms with Crippen LogP contribution in [0.2, 0.25) is 5.02 Å². The van der Waals surface area contributed by atoms with E-state index < -0.39 is 6.03 Å². The number of unbranched alkanes of at least 4 members (excludes halogenated alkanes) is 1. The van der Waals surface area contributed by atoms with Crippen LogP contribution in [0.1, 0.15) is 19.8 Å². The van der Waals surface area contributed by atoms with Gasteiger partial charge in [0.2, 0.25) is 5.91 Å². The maximum Gasteiger partial charge on any atom is 0.321 e. The Kier molecular flexibility index (Phi) is 7.34. The van der Waals surface area contributed by atoms with Gasteiger partial charge in [-0.3, -0.25) is 15.0 Å². The number of hydrogen-bond donors (Lipinski definition) is 2. The van der Waals surface area contributed by atoms with Gasteiger partial charge in [-0.2, -0.15) is 0 Å². The van der Waals surface area contributed by atoms with Crippen LogP contribution in [0, 0.1) is 0 Å². The van der Waals surface area contributed by atoms with Crippen LogP contribution in [0.3, 0.4) is 0 Å². The molecule has 1 aliphatic rings. The number of piperazine rings is 1. The quantitative estimate of drug-likeness (QED) is 0.769. The Balaban J connectivity index is 1.70. The van der Waals surface area contributed by atoms with Crippen LogP contribution in [0.25, 0.3) is 0 Å². The minimum Gasteiger partial charge on any atom is -0.369 e. The Morgan fingerprint density at radius 1 is 1.21 bits per heavy atom. The average Bonchev–Trinajstić information content (AvgIpc) is 2.55. The van der Waals surface area contributed by atoms with Gasteiger partial charge in [0, 0.05) is 43.4 Å². The Labute approximate surface area is 148 Å². The molecule has 1 aromatic carbocycles. The normalized spacial score (nSPS) is 15.2. The van der Waals surface area contributed by atoms with E-state index >= 15 is 0 Å². The van der Waals surface area contributed by atoms with Gasteiger partial charge in [0.05, 0.1) is 6.54 Å². The summed E-state index contributed by atoms with van der Waals surface area (Å²) in [6, 6.07) is 7.37. The molecule has 132 valence electrons. The lowest BCUT2D eigenvalue weighted by atomic mass is 10.2. The zero-order valence-corrected chi connectivity index (χ0v) is 14.8. The number of nitrogens with zero attached hydrogens (tertiary/aromatic N) is 2. The van der Waals surface area contributed by atoms with Crippen molar-refractivity contribution in [2.45, 2.75) is 19.8 Å². The van der Waals surface area contributed by atoms with Crippen molar-refractivity contribution in [3.63, 3.8) is 0 Å². The first-order valence-corrected chi connectivity index (χ1v) is 8.77. The van der Waals surface area contributed by atoms with Crippen LogP contribution in [-0.4, -0.2) is 56.1 Å². The summed E-state index contributed by atoms with van der Waals surface area (Å²) >= 11 is 6.03. The second-order valence-electron chi connectivity index (χ2n) is 5.90. The lowest BCUT2D eigenvalue weighted by molar-refractivity contribution is -0.121. The standard InChI is InChI=1S/C17H25ClN4O2/c1-2-3-7-19-17(24)20-16(23)13-21-8-10-22(11-9-21)15-6-4-5-14(18)12-15/h4-6,12H,2-3,7-11,13H2,1H3,(H2,19,20,23,24). The third kappa shape index (κ3) is 6.02.